The standard InChI is InChI=1S/C21H22N2O3S/c1-4-23-13(2)18(20(25)14-8-6-5-7-9-14)19(22-21(23)27)15-10-11-17(26-3)16(24)12-15/h5-12,19,24H,4H2,1-3H3,(H,22,27). The molecule has 2 aromatic carbocycles. The van der Waals surface area contributed by atoms with Crippen molar-refractivity contribution in [2.75, 3.05) is 13.7 Å². The number of rotatable bonds is 5. The lowest BCUT2D eigenvalue weighted by Crippen LogP contribution is -2.47. The van der Waals surface area contributed by atoms with Gasteiger partial charge in [-0.05, 0) is 43.8 Å². The Hall–Kier alpha value is -2.86. The van der Waals surface area contributed by atoms with E-state index in [0.29, 0.717) is 28.5 Å². The third kappa shape index (κ3) is 3.53. The molecule has 1 aliphatic heterocycles. The molecule has 0 saturated carbocycles. The molecule has 0 spiro atoms. The number of Topliss-reactive ketones (excluding diaryl/α,β-unsaturated/α-hetero) is 1. The molecule has 1 atom stereocenters. The first kappa shape index (κ1) is 18.9. The van der Waals surface area contributed by atoms with Crippen molar-refractivity contribution >= 4 is 23.1 Å². The van der Waals surface area contributed by atoms with E-state index < -0.39 is 6.04 Å². The highest BCUT2D eigenvalue weighted by atomic mass is 32.1. The van der Waals surface area contributed by atoms with Gasteiger partial charge in [-0.2, -0.15) is 0 Å². The van der Waals surface area contributed by atoms with E-state index in [4.69, 9.17) is 17.0 Å². The molecule has 0 radical (unpaired) electrons. The lowest BCUT2D eigenvalue weighted by Gasteiger charge is -2.37. The maximum absolute atomic E-state index is 13.3. The second kappa shape index (κ2) is 7.80. The van der Waals surface area contributed by atoms with Gasteiger partial charge in [-0.1, -0.05) is 36.4 Å². The molecule has 27 heavy (non-hydrogen) atoms. The van der Waals surface area contributed by atoms with Crippen LogP contribution in [0.2, 0.25) is 0 Å². The van der Waals surface area contributed by atoms with Crippen LogP contribution in [0.3, 0.4) is 0 Å². The van der Waals surface area contributed by atoms with E-state index >= 15 is 0 Å². The van der Waals surface area contributed by atoms with Crippen LogP contribution in [0.25, 0.3) is 0 Å². The Morgan fingerprint density at radius 2 is 1.96 bits per heavy atom. The van der Waals surface area contributed by atoms with Gasteiger partial charge in [-0.3, -0.25) is 4.79 Å². The highest BCUT2D eigenvalue weighted by Gasteiger charge is 2.34. The molecule has 1 heterocycles. The summed E-state index contributed by atoms with van der Waals surface area (Å²) >= 11 is 5.50. The number of ketones is 1. The zero-order chi connectivity index (χ0) is 19.6. The zero-order valence-electron chi connectivity index (χ0n) is 15.5. The van der Waals surface area contributed by atoms with Gasteiger partial charge in [0.05, 0.1) is 13.2 Å². The number of phenols is 1. The summed E-state index contributed by atoms with van der Waals surface area (Å²) in [5.41, 5.74) is 2.78. The van der Waals surface area contributed by atoms with Crippen LogP contribution in [-0.4, -0.2) is 34.6 Å². The van der Waals surface area contributed by atoms with Gasteiger partial charge in [0.1, 0.15) is 0 Å². The summed E-state index contributed by atoms with van der Waals surface area (Å²) < 4.78 is 5.12. The SMILES string of the molecule is CCN1C(=S)NC(c2ccc(OC)c(O)c2)C(C(=O)c2ccccc2)=C1C. The molecular formula is C21H22N2O3S. The van der Waals surface area contributed by atoms with Gasteiger partial charge in [0.15, 0.2) is 22.4 Å². The minimum absolute atomic E-state index is 0.0183. The van der Waals surface area contributed by atoms with Gasteiger partial charge in [0, 0.05) is 23.4 Å². The van der Waals surface area contributed by atoms with Crippen molar-refractivity contribution in [2.24, 2.45) is 0 Å². The molecule has 1 unspecified atom stereocenters. The summed E-state index contributed by atoms with van der Waals surface area (Å²) in [7, 11) is 1.50. The van der Waals surface area contributed by atoms with E-state index in [0.717, 1.165) is 11.3 Å². The van der Waals surface area contributed by atoms with Crippen LogP contribution in [0, 0.1) is 0 Å². The average Bonchev–Trinajstić information content (AvgIpc) is 2.68. The van der Waals surface area contributed by atoms with Crippen molar-refractivity contribution in [3.63, 3.8) is 0 Å². The summed E-state index contributed by atoms with van der Waals surface area (Å²) in [5.74, 6) is 0.329. The summed E-state index contributed by atoms with van der Waals surface area (Å²) in [5, 5.41) is 14.0. The highest BCUT2D eigenvalue weighted by molar-refractivity contribution is 7.80. The molecule has 2 N–H and O–H groups in total. The first-order valence-corrected chi connectivity index (χ1v) is 9.14. The molecular weight excluding hydrogens is 360 g/mol. The van der Waals surface area contributed by atoms with Gasteiger partial charge in [0.2, 0.25) is 0 Å². The predicted molar refractivity (Wildman–Crippen MR) is 109 cm³/mol. The number of carbonyl (C=O) groups is 1. The average molecular weight is 382 g/mol. The van der Waals surface area contributed by atoms with Crippen LogP contribution in [0.15, 0.2) is 59.8 Å². The third-order valence-electron chi connectivity index (χ3n) is 4.73. The number of nitrogens with one attached hydrogen (secondary N) is 1. The lowest BCUT2D eigenvalue weighted by molar-refractivity contribution is 0.102. The summed E-state index contributed by atoms with van der Waals surface area (Å²) in [4.78, 5) is 15.2. The summed E-state index contributed by atoms with van der Waals surface area (Å²) in [6.45, 7) is 4.55. The predicted octanol–water partition coefficient (Wildman–Crippen LogP) is 3.81. The molecule has 0 fully saturated rings. The number of hydrogen-bond donors (Lipinski definition) is 2. The fourth-order valence-electron chi connectivity index (χ4n) is 3.34. The van der Waals surface area contributed by atoms with Crippen molar-refractivity contribution in [3.8, 4) is 11.5 Å². The molecule has 0 saturated heterocycles. The van der Waals surface area contributed by atoms with Gasteiger partial charge in [-0.25, -0.2) is 0 Å². The van der Waals surface area contributed by atoms with E-state index in [9.17, 15) is 9.90 Å². The third-order valence-corrected chi connectivity index (χ3v) is 5.07. The highest BCUT2D eigenvalue weighted by Crippen LogP contribution is 2.36. The Kier molecular flexibility index (Phi) is 5.46. The van der Waals surface area contributed by atoms with Crippen LogP contribution < -0.4 is 10.1 Å². The Balaban J connectivity index is 2.13. The van der Waals surface area contributed by atoms with E-state index in [1.807, 2.05) is 43.0 Å². The van der Waals surface area contributed by atoms with Crippen LogP contribution >= 0.6 is 12.2 Å². The number of methoxy groups -OCH3 is 1. The summed E-state index contributed by atoms with van der Waals surface area (Å²) in [6, 6.07) is 13.8. The number of carbonyl (C=O) groups excluding carboxylic acids is 1. The van der Waals surface area contributed by atoms with Crippen molar-refractivity contribution in [3.05, 3.63) is 70.9 Å². The fourth-order valence-corrected chi connectivity index (χ4v) is 3.72. The fraction of sp³-hybridized carbons (Fsp3) is 0.238. The Morgan fingerprint density at radius 3 is 2.56 bits per heavy atom. The van der Waals surface area contributed by atoms with Crippen molar-refractivity contribution in [2.45, 2.75) is 19.9 Å². The number of ether oxygens (including phenoxy) is 1. The number of nitrogens with zero attached hydrogens (tertiary/aromatic N) is 1. The summed E-state index contributed by atoms with van der Waals surface area (Å²) in [6.07, 6.45) is 0. The van der Waals surface area contributed by atoms with Gasteiger partial charge < -0.3 is 20.1 Å². The normalized spacial score (nSPS) is 16.9. The van der Waals surface area contributed by atoms with Crippen LogP contribution in [0.5, 0.6) is 11.5 Å². The Morgan fingerprint density at radius 1 is 1.26 bits per heavy atom. The van der Waals surface area contributed by atoms with E-state index in [2.05, 4.69) is 5.32 Å². The van der Waals surface area contributed by atoms with Gasteiger partial charge >= 0.3 is 0 Å². The number of aromatic hydroxyl groups is 1. The quantitative estimate of drug-likeness (QED) is 0.606. The molecule has 0 amide bonds. The molecule has 0 aromatic heterocycles. The van der Waals surface area contributed by atoms with Gasteiger partial charge in [-0.15, -0.1) is 0 Å². The minimum atomic E-state index is -0.454. The molecule has 5 nitrogen and oxygen atoms in total. The lowest BCUT2D eigenvalue weighted by atomic mass is 9.89. The maximum atomic E-state index is 13.3. The topological polar surface area (TPSA) is 61.8 Å². The molecule has 3 rings (SSSR count). The molecule has 6 heteroatoms. The molecule has 140 valence electrons. The van der Waals surface area contributed by atoms with Crippen LogP contribution in [-0.2, 0) is 0 Å². The van der Waals surface area contributed by atoms with Crippen molar-refractivity contribution in [1.29, 1.82) is 0 Å². The second-order valence-corrected chi connectivity index (χ2v) is 6.64. The molecule has 2 aromatic rings. The van der Waals surface area contributed by atoms with Gasteiger partial charge in [0.25, 0.3) is 0 Å². The number of hydrogen-bond acceptors (Lipinski definition) is 4. The van der Waals surface area contributed by atoms with E-state index in [1.54, 1.807) is 24.3 Å². The van der Waals surface area contributed by atoms with E-state index in [1.165, 1.54) is 7.11 Å². The monoisotopic (exact) mass is 382 g/mol. The zero-order valence-corrected chi connectivity index (χ0v) is 16.3. The Bertz CT molecular complexity index is 909. The van der Waals surface area contributed by atoms with Crippen molar-refractivity contribution in [1.82, 2.24) is 10.2 Å². The first-order valence-electron chi connectivity index (χ1n) is 8.73. The smallest absolute Gasteiger partial charge is 0.193 e. The molecule has 0 bridgehead atoms. The van der Waals surface area contributed by atoms with E-state index in [-0.39, 0.29) is 11.5 Å². The largest absolute Gasteiger partial charge is 0.504 e. The van der Waals surface area contributed by atoms with Crippen molar-refractivity contribution < 1.29 is 14.6 Å². The minimum Gasteiger partial charge on any atom is -0.504 e. The molecule has 1 aliphatic rings. The second-order valence-electron chi connectivity index (χ2n) is 6.25. The molecule has 0 aliphatic carbocycles. The number of benzene rings is 2. The maximum Gasteiger partial charge on any atom is 0.193 e. The number of allylic oxidation sites excluding steroid dienone is 1. The van der Waals surface area contributed by atoms with Crippen LogP contribution in [0.1, 0.15) is 35.8 Å². The Labute approximate surface area is 164 Å². The first-order chi connectivity index (χ1) is 13.0. The number of phenolic OH excluding ortho intramolecular Hbond substituents is 1. The van der Waals surface area contributed by atoms with Crippen LogP contribution in [0.4, 0.5) is 0 Å². The number of thiocarbonyl (C=S) groups is 1.